The Morgan fingerprint density at radius 1 is 1.09 bits per heavy atom. The number of carbonyl (C=O) groups excluding carboxylic acids is 1. The molecule has 114 valence electrons. The van der Waals surface area contributed by atoms with Crippen molar-refractivity contribution in [2.75, 3.05) is 6.61 Å². The Morgan fingerprint density at radius 3 is 2.45 bits per heavy atom. The van der Waals surface area contributed by atoms with Crippen LogP contribution in [0.4, 0.5) is 0 Å². The monoisotopic (exact) mass is 299 g/mol. The molecular weight excluding hydrogens is 280 g/mol. The van der Waals surface area contributed by atoms with E-state index >= 15 is 0 Å². The van der Waals surface area contributed by atoms with E-state index in [2.05, 4.69) is 5.16 Å². The highest BCUT2D eigenvalue weighted by molar-refractivity contribution is 5.92. The quantitative estimate of drug-likeness (QED) is 0.367. The number of amidine groups is 1. The molecule has 5 nitrogen and oxygen atoms in total. The second kappa shape index (κ2) is 7.26. The number of hydrogen-bond donors (Lipinski definition) is 2. The Balaban J connectivity index is 1.88. The highest BCUT2D eigenvalue weighted by atomic mass is 16.7. The van der Waals surface area contributed by atoms with Crippen LogP contribution in [0.25, 0.3) is 0 Å². The van der Waals surface area contributed by atoms with Crippen LogP contribution in [0.3, 0.4) is 0 Å². The lowest BCUT2D eigenvalue weighted by Gasteiger charge is -2.06. The maximum atomic E-state index is 11.6. The van der Waals surface area contributed by atoms with Crippen molar-refractivity contribution in [2.45, 2.75) is 13.8 Å². The zero-order chi connectivity index (χ0) is 15.9. The highest BCUT2D eigenvalue weighted by Crippen LogP contribution is 2.15. The summed E-state index contributed by atoms with van der Waals surface area (Å²) in [6.07, 6.45) is 0. The molecule has 22 heavy (non-hydrogen) atoms. The summed E-state index contributed by atoms with van der Waals surface area (Å²) in [5.74, 6) is 0.359. The number of rotatable bonds is 5. The molecule has 0 aliphatic rings. The second-order valence-electron chi connectivity index (χ2n) is 4.91. The van der Waals surface area contributed by atoms with Gasteiger partial charge in [-0.2, -0.15) is 0 Å². The molecule has 0 fully saturated rings. The van der Waals surface area contributed by atoms with E-state index in [-0.39, 0.29) is 12.4 Å². The molecule has 0 bridgehead atoms. The van der Waals surface area contributed by atoms with Crippen LogP contribution in [-0.4, -0.2) is 18.4 Å². The molecule has 5 heteroatoms. The fourth-order valence-electron chi connectivity index (χ4n) is 1.79. The van der Waals surface area contributed by atoms with Gasteiger partial charge in [-0.15, -0.1) is 0 Å². The van der Waals surface area contributed by atoms with E-state index in [0.717, 1.165) is 16.7 Å². The van der Waals surface area contributed by atoms with E-state index in [1.54, 1.807) is 6.07 Å². The van der Waals surface area contributed by atoms with Gasteiger partial charge in [-0.1, -0.05) is 41.1 Å². The van der Waals surface area contributed by atoms with Crippen molar-refractivity contribution in [3.8, 4) is 5.75 Å². The molecule has 2 rings (SSSR count). The summed E-state index contributed by atoms with van der Waals surface area (Å²) in [6.45, 7) is 3.69. The lowest BCUT2D eigenvalue weighted by atomic mass is 10.1. The first-order valence-electron chi connectivity index (χ1n) is 6.90. The van der Waals surface area contributed by atoms with E-state index in [9.17, 15) is 4.79 Å². The predicted molar refractivity (Wildman–Crippen MR) is 83.2 cm³/mol. The zero-order valence-corrected chi connectivity index (χ0v) is 12.6. The fourth-order valence-corrected chi connectivity index (χ4v) is 1.79. The first kappa shape index (κ1) is 15.6. The summed E-state index contributed by atoms with van der Waals surface area (Å²) >= 11 is 0. The third kappa shape index (κ3) is 4.34. The van der Waals surface area contributed by atoms with Gasteiger partial charge in [-0.25, -0.2) is 4.79 Å². The third-order valence-corrected chi connectivity index (χ3v) is 3.08. The summed E-state index contributed by atoms with van der Waals surface area (Å²) in [6, 6.07) is 15.0. The number of para-hydroxylation sites is 1. The Bertz CT molecular complexity index is 679. The van der Waals surface area contributed by atoms with Gasteiger partial charge in [0.25, 0.3) is 0 Å². The fraction of sp³-hybridized carbons (Fsp3) is 0.176. The van der Waals surface area contributed by atoms with Crippen molar-refractivity contribution in [3.63, 3.8) is 0 Å². The Hall–Kier alpha value is -2.82. The molecule has 0 saturated carbocycles. The van der Waals surface area contributed by atoms with Crippen LogP contribution in [0.2, 0.25) is 0 Å². The van der Waals surface area contributed by atoms with Crippen molar-refractivity contribution in [1.29, 1.82) is 0 Å². The van der Waals surface area contributed by atoms with Gasteiger partial charge in [-0.3, -0.25) is 10.6 Å². The molecule has 0 amide bonds. The van der Waals surface area contributed by atoms with Crippen molar-refractivity contribution >= 4 is 11.8 Å². The van der Waals surface area contributed by atoms with E-state index in [0.29, 0.717) is 5.75 Å². The van der Waals surface area contributed by atoms with Gasteiger partial charge in [0.1, 0.15) is 5.75 Å². The molecule has 2 aromatic rings. The lowest BCUT2D eigenvalue weighted by molar-refractivity contribution is -0.724. The molecular formula is C17H19N2O3+. The van der Waals surface area contributed by atoms with E-state index in [1.807, 2.05) is 56.3 Å². The van der Waals surface area contributed by atoms with Gasteiger partial charge < -0.3 is 4.74 Å². The standard InChI is InChI=1S/C17H18N2O3/c1-12-7-9-14(10-8-12)17(18)19-22-16(20)11-21-15-6-4-3-5-13(15)2/h3-10H,11H2,1-2H3,(H2,18,19)/p+1. The molecule has 0 aromatic heterocycles. The van der Waals surface area contributed by atoms with Gasteiger partial charge in [0.15, 0.2) is 6.61 Å². The Labute approximate surface area is 129 Å². The van der Waals surface area contributed by atoms with Gasteiger partial charge in [0, 0.05) is 0 Å². The van der Waals surface area contributed by atoms with Crippen LogP contribution in [0.1, 0.15) is 16.7 Å². The second-order valence-corrected chi connectivity index (χ2v) is 4.91. The van der Waals surface area contributed by atoms with Crippen LogP contribution < -0.4 is 15.6 Å². The largest absolute Gasteiger partial charge is 0.481 e. The van der Waals surface area contributed by atoms with Crippen LogP contribution in [-0.2, 0) is 9.63 Å². The van der Waals surface area contributed by atoms with Crippen LogP contribution >= 0.6 is 0 Å². The van der Waals surface area contributed by atoms with Crippen LogP contribution in [0, 0.1) is 13.8 Å². The Morgan fingerprint density at radius 2 is 1.77 bits per heavy atom. The summed E-state index contributed by atoms with van der Waals surface area (Å²) in [5.41, 5.74) is 8.64. The van der Waals surface area contributed by atoms with Gasteiger partial charge in [-0.05, 0) is 37.6 Å². The van der Waals surface area contributed by atoms with Crippen LogP contribution in [0.5, 0.6) is 5.75 Å². The topological polar surface area (TPSA) is 75.5 Å². The minimum absolute atomic E-state index is 0.195. The molecule has 0 heterocycles. The predicted octanol–water partition coefficient (Wildman–Crippen LogP) is 0.627. The molecule has 0 atom stereocenters. The Kier molecular flexibility index (Phi) is 5.14. The van der Waals surface area contributed by atoms with Crippen molar-refractivity contribution < 1.29 is 19.5 Å². The average Bonchev–Trinajstić information content (AvgIpc) is 2.52. The number of nitrogen functional groups attached to an aromatic ring is 1. The molecule has 3 N–H and O–H groups in total. The smallest absolute Gasteiger partial charge is 0.394 e. The maximum Gasteiger partial charge on any atom is 0.394 e. The number of ether oxygens (including phenoxy) is 1. The SMILES string of the molecule is Cc1ccc(C(N)=[NH+]OC(=O)COc2ccccc2C)cc1. The summed E-state index contributed by atoms with van der Waals surface area (Å²) in [7, 11) is 0. The normalized spacial score (nSPS) is 11.1. The van der Waals surface area contributed by atoms with Crippen molar-refractivity contribution in [2.24, 2.45) is 5.73 Å². The minimum Gasteiger partial charge on any atom is -0.481 e. The average molecular weight is 299 g/mol. The van der Waals surface area contributed by atoms with Crippen LogP contribution in [0.15, 0.2) is 48.5 Å². The molecule has 2 aromatic carbocycles. The first-order valence-corrected chi connectivity index (χ1v) is 6.90. The number of hydrogen-bond acceptors (Lipinski definition) is 3. The maximum absolute atomic E-state index is 11.6. The van der Waals surface area contributed by atoms with Crippen molar-refractivity contribution in [3.05, 3.63) is 65.2 Å². The number of nitrogens with one attached hydrogen (secondary N) is 1. The molecule has 0 aliphatic heterocycles. The summed E-state index contributed by atoms with van der Waals surface area (Å²) in [4.78, 5) is 16.5. The molecule has 0 saturated heterocycles. The van der Waals surface area contributed by atoms with E-state index in [4.69, 9.17) is 15.3 Å². The number of benzene rings is 2. The minimum atomic E-state index is -0.557. The van der Waals surface area contributed by atoms with Gasteiger partial charge in [0.2, 0.25) is 0 Å². The summed E-state index contributed by atoms with van der Waals surface area (Å²) in [5, 5.41) is 2.43. The van der Waals surface area contributed by atoms with Gasteiger partial charge >= 0.3 is 11.8 Å². The molecule has 0 aliphatic carbocycles. The highest BCUT2D eigenvalue weighted by Gasteiger charge is 2.09. The number of nitrogens with two attached hydrogens (primary N) is 1. The number of carbonyl (C=O) groups is 1. The first-order chi connectivity index (χ1) is 10.6. The summed E-state index contributed by atoms with van der Waals surface area (Å²) < 4.78 is 5.39. The zero-order valence-electron chi connectivity index (χ0n) is 12.6. The van der Waals surface area contributed by atoms with E-state index < -0.39 is 5.97 Å². The van der Waals surface area contributed by atoms with E-state index in [1.165, 1.54) is 0 Å². The van der Waals surface area contributed by atoms with Crippen molar-refractivity contribution in [1.82, 2.24) is 0 Å². The van der Waals surface area contributed by atoms with Gasteiger partial charge in [0.05, 0.1) is 5.56 Å². The molecule has 0 radical (unpaired) electrons. The molecule has 0 spiro atoms. The third-order valence-electron chi connectivity index (χ3n) is 3.08. The lowest BCUT2D eigenvalue weighted by Crippen LogP contribution is -2.76. The number of aryl methyl sites for hydroxylation is 2. The molecule has 0 unspecified atom stereocenters.